The normalized spacial score (nSPS) is 19.2. The van der Waals surface area contributed by atoms with Gasteiger partial charge in [-0.1, -0.05) is 18.2 Å². The second kappa shape index (κ2) is 7.75. The molecule has 1 aromatic heterocycles. The smallest absolute Gasteiger partial charge is 0.303 e. The van der Waals surface area contributed by atoms with Gasteiger partial charge in [0.15, 0.2) is 0 Å². The van der Waals surface area contributed by atoms with E-state index in [1.807, 2.05) is 33.8 Å². The van der Waals surface area contributed by atoms with Gasteiger partial charge in [-0.25, -0.2) is 0 Å². The highest BCUT2D eigenvalue weighted by Crippen LogP contribution is 2.32. The quantitative estimate of drug-likeness (QED) is 0.857. The second-order valence-corrected chi connectivity index (χ2v) is 7.75. The van der Waals surface area contributed by atoms with Gasteiger partial charge < -0.3 is 10.0 Å². The molecule has 7 nitrogen and oxygen atoms in total. The van der Waals surface area contributed by atoms with Crippen LogP contribution in [0.3, 0.4) is 0 Å². The minimum Gasteiger partial charge on any atom is -0.481 e. The van der Waals surface area contributed by atoms with Crippen molar-refractivity contribution in [3.8, 4) is 0 Å². The Hall–Kier alpha value is -2.67. The number of nitrogens with zero attached hydrogens (tertiary/aromatic N) is 4. The maximum atomic E-state index is 13.1. The van der Waals surface area contributed by atoms with Crippen molar-refractivity contribution in [2.45, 2.75) is 51.7 Å². The van der Waals surface area contributed by atoms with Crippen molar-refractivity contribution in [1.82, 2.24) is 14.7 Å². The third kappa shape index (κ3) is 3.80. The highest BCUT2D eigenvalue weighted by atomic mass is 16.4. The zero-order valence-electron chi connectivity index (χ0n) is 16.2. The monoisotopic (exact) mass is 382 g/mol. The van der Waals surface area contributed by atoms with Gasteiger partial charge in [-0.2, -0.15) is 5.10 Å². The lowest BCUT2D eigenvalue weighted by molar-refractivity contribution is -0.137. The lowest BCUT2D eigenvalue weighted by Crippen LogP contribution is -2.43. The van der Waals surface area contributed by atoms with Crippen LogP contribution in [-0.2, 0) is 35.5 Å². The molecule has 1 unspecified atom stereocenters. The maximum absolute atomic E-state index is 13.1. The van der Waals surface area contributed by atoms with Crippen LogP contribution >= 0.6 is 0 Å². The van der Waals surface area contributed by atoms with Crippen LogP contribution in [0, 0.1) is 0 Å². The molecule has 0 saturated heterocycles. The number of rotatable bonds is 5. The van der Waals surface area contributed by atoms with Gasteiger partial charge in [-0.3, -0.25) is 19.2 Å². The van der Waals surface area contributed by atoms with Crippen molar-refractivity contribution in [3.63, 3.8) is 0 Å². The van der Waals surface area contributed by atoms with Crippen LogP contribution in [-0.4, -0.2) is 50.8 Å². The van der Waals surface area contributed by atoms with E-state index >= 15 is 0 Å². The molecular weight excluding hydrogens is 356 g/mol. The summed E-state index contributed by atoms with van der Waals surface area (Å²) >= 11 is 0. The number of amides is 1. The summed E-state index contributed by atoms with van der Waals surface area (Å²) in [5.41, 5.74) is 4.14. The number of aliphatic carboxylic acids is 1. The van der Waals surface area contributed by atoms with Gasteiger partial charge in [0.25, 0.3) is 0 Å². The predicted molar refractivity (Wildman–Crippen MR) is 105 cm³/mol. The van der Waals surface area contributed by atoms with Gasteiger partial charge in [0.05, 0.1) is 24.4 Å². The molecule has 2 aliphatic heterocycles. The lowest BCUT2D eigenvalue weighted by atomic mass is 10.1. The Bertz CT molecular complexity index is 892. The molecular formula is C21H26N4O3. The minimum absolute atomic E-state index is 0.0882. The van der Waals surface area contributed by atoms with Crippen LogP contribution in [0.25, 0.3) is 0 Å². The van der Waals surface area contributed by atoms with Gasteiger partial charge >= 0.3 is 5.97 Å². The number of carboxylic acid groups (broad SMARTS) is 1. The number of carbonyl (C=O) groups excluding carboxylic acids is 1. The summed E-state index contributed by atoms with van der Waals surface area (Å²) in [6.07, 6.45) is 2.36. The fraction of sp³-hybridized carbons (Fsp3) is 0.476. The molecule has 4 rings (SSSR count). The molecule has 0 bridgehead atoms. The van der Waals surface area contributed by atoms with Crippen molar-refractivity contribution in [2.75, 3.05) is 18.0 Å². The van der Waals surface area contributed by atoms with Gasteiger partial charge in [0, 0.05) is 37.8 Å². The molecule has 0 spiro atoms. The number of hydrogen-bond acceptors (Lipinski definition) is 4. The molecule has 28 heavy (non-hydrogen) atoms. The van der Waals surface area contributed by atoms with Crippen molar-refractivity contribution >= 4 is 17.6 Å². The molecule has 1 N–H and O–H groups in total. The van der Waals surface area contributed by atoms with Gasteiger partial charge in [-0.15, -0.1) is 0 Å². The third-order valence-electron chi connectivity index (χ3n) is 5.57. The molecule has 1 amide bonds. The number of aryl methyl sites for hydroxylation is 2. The van der Waals surface area contributed by atoms with Crippen LogP contribution < -0.4 is 4.90 Å². The first-order valence-corrected chi connectivity index (χ1v) is 9.91. The zero-order chi connectivity index (χ0) is 19.7. The number of para-hydroxylation sites is 1. The third-order valence-corrected chi connectivity index (χ3v) is 5.57. The number of carbonyl (C=O) groups is 2. The van der Waals surface area contributed by atoms with E-state index in [1.165, 1.54) is 5.56 Å². The fourth-order valence-corrected chi connectivity index (χ4v) is 4.29. The fourth-order valence-electron chi connectivity index (χ4n) is 4.29. The summed E-state index contributed by atoms with van der Waals surface area (Å²) in [6.45, 7) is 4.80. The Morgan fingerprint density at radius 2 is 2.07 bits per heavy atom. The molecule has 0 fully saturated rings. The number of benzene rings is 1. The van der Waals surface area contributed by atoms with E-state index in [1.54, 1.807) is 0 Å². The Morgan fingerprint density at radius 1 is 1.25 bits per heavy atom. The first kappa shape index (κ1) is 18.7. The SMILES string of the molecule is CC1Cc2ccccc2N1C(=O)CN1CCCn2nc(CCC(=O)O)cc2C1. The Balaban J connectivity index is 1.44. The maximum Gasteiger partial charge on any atom is 0.303 e. The molecule has 0 radical (unpaired) electrons. The van der Waals surface area contributed by atoms with E-state index in [0.717, 1.165) is 43.0 Å². The zero-order valence-corrected chi connectivity index (χ0v) is 16.2. The summed E-state index contributed by atoms with van der Waals surface area (Å²) in [4.78, 5) is 28.0. The van der Waals surface area contributed by atoms with E-state index in [9.17, 15) is 9.59 Å². The predicted octanol–water partition coefficient (Wildman–Crippen LogP) is 2.08. The highest BCUT2D eigenvalue weighted by Gasteiger charge is 2.31. The number of hydrogen-bond donors (Lipinski definition) is 1. The van der Waals surface area contributed by atoms with Crippen LogP contribution in [0.5, 0.6) is 0 Å². The Kier molecular flexibility index (Phi) is 5.17. The second-order valence-electron chi connectivity index (χ2n) is 7.75. The molecule has 0 saturated carbocycles. The molecule has 0 aliphatic carbocycles. The van der Waals surface area contributed by atoms with Crippen molar-refractivity contribution in [3.05, 3.63) is 47.3 Å². The average Bonchev–Trinajstić information content (AvgIpc) is 3.13. The number of fused-ring (bicyclic) bond motifs is 2. The number of carboxylic acids is 1. The van der Waals surface area contributed by atoms with E-state index in [-0.39, 0.29) is 18.4 Å². The summed E-state index contributed by atoms with van der Waals surface area (Å²) < 4.78 is 1.97. The van der Waals surface area contributed by atoms with Crippen molar-refractivity contribution in [2.24, 2.45) is 0 Å². The van der Waals surface area contributed by atoms with Gasteiger partial charge in [0.1, 0.15) is 0 Å². The summed E-state index contributed by atoms with van der Waals surface area (Å²) in [5.74, 6) is -0.674. The number of anilines is 1. The molecule has 7 heteroatoms. The Morgan fingerprint density at radius 3 is 2.89 bits per heavy atom. The molecule has 1 atom stereocenters. The topological polar surface area (TPSA) is 78.7 Å². The number of aromatic nitrogens is 2. The molecule has 1 aromatic carbocycles. The molecule has 3 heterocycles. The Labute approximate surface area is 164 Å². The van der Waals surface area contributed by atoms with Crippen molar-refractivity contribution in [1.29, 1.82) is 0 Å². The van der Waals surface area contributed by atoms with Crippen molar-refractivity contribution < 1.29 is 14.7 Å². The van der Waals surface area contributed by atoms with Gasteiger partial charge in [-0.05, 0) is 37.5 Å². The van der Waals surface area contributed by atoms with E-state index < -0.39 is 5.97 Å². The largest absolute Gasteiger partial charge is 0.481 e. The minimum atomic E-state index is -0.810. The summed E-state index contributed by atoms with van der Waals surface area (Å²) in [7, 11) is 0. The molecule has 2 aromatic rings. The van der Waals surface area contributed by atoms with E-state index in [4.69, 9.17) is 5.11 Å². The lowest BCUT2D eigenvalue weighted by Gasteiger charge is -2.27. The van der Waals surface area contributed by atoms with E-state index in [0.29, 0.717) is 19.5 Å². The highest BCUT2D eigenvalue weighted by molar-refractivity contribution is 5.97. The van der Waals surface area contributed by atoms with E-state index in [2.05, 4.69) is 23.0 Å². The molecule has 148 valence electrons. The summed E-state index contributed by atoms with van der Waals surface area (Å²) in [5, 5.41) is 13.4. The van der Waals surface area contributed by atoms with Gasteiger partial charge in [0.2, 0.25) is 5.91 Å². The first-order valence-electron chi connectivity index (χ1n) is 9.91. The average molecular weight is 382 g/mol. The molecule has 2 aliphatic rings. The first-order chi connectivity index (χ1) is 13.5. The van der Waals surface area contributed by atoms with Crippen LogP contribution in [0.4, 0.5) is 5.69 Å². The van der Waals surface area contributed by atoms with Crippen LogP contribution in [0.1, 0.15) is 36.7 Å². The van der Waals surface area contributed by atoms with Crippen LogP contribution in [0.2, 0.25) is 0 Å². The van der Waals surface area contributed by atoms with Crippen LogP contribution in [0.15, 0.2) is 30.3 Å². The standard InChI is InChI=1S/C21H26N4O3/c1-15-11-16-5-2-3-6-19(16)25(15)20(26)14-23-9-4-10-24-18(13-23)12-17(22-24)7-8-21(27)28/h2-3,5-6,12,15H,4,7-11,13-14H2,1H3,(H,27,28). The summed E-state index contributed by atoms with van der Waals surface area (Å²) in [6, 6.07) is 10.3.